The van der Waals surface area contributed by atoms with Crippen molar-refractivity contribution in [2.75, 3.05) is 0 Å². The molecule has 4 rings (SSSR count). The van der Waals surface area contributed by atoms with Crippen LogP contribution >= 0.6 is 0 Å². The van der Waals surface area contributed by atoms with Gasteiger partial charge < -0.3 is 4.42 Å². The van der Waals surface area contributed by atoms with Crippen molar-refractivity contribution in [3.05, 3.63) is 96.8 Å². The summed E-state index contributed by atoms with van der Waals surface area (Å²) in [6.07, 6.45) is -6.30. The van der Waals surface area contributed by atoms with Crippen molar-refractivity contribution in [2.24, 2.45) is 0 Å². The van der Waals surface area contributed by atoms with Gasteiger partial charge in [-0.05, 0) is 24.3 Å². The van der Waals surface area contributed by atoms with Gasteiger partial charge in [0.1, 0.15) is 9.79 Å². The number of hydrogen-bond donors (Lipinski definition) is 0. The lowest BCUT2D eigenvalue weighted by molar-refractivity contribution is -0.296. The third kappa shape index (κ3) is 4.20. The lowest BCUT2D eigenvalue weighted by Crippen LogP contribution is -2.34. The Morgan fingerprint density at radius 1 is 0.556 bits per heavy atom. The van der Waals surface area contributed by atoms with Crippen LogP contribution in [0.25, 0.3) is 11.3 Å². The molecule has 0 N–H and O–H groups in total. The van der Waals surface area contributed by atoms with E-state index >= 15 is 0 Å². The van der Waals surface area contributed by atoms with Crippen LogP contribution in [0, 0.1) is 0 Å². The Hall–Kier alpha value is -3.51. The van der Waals surface area contributed by atoms with Crippen LogP contribution in [-0.4, -0.2) is 23.0 Å². The van der Waals surface area contributed by atoms with E-state index in [1.807, 2.05) is 0 Å². The molecule has 0 aliphatic rings. The maximum absolute atomic E-state index is 14.8. The van der Waals surface area contributed by atoms with Gasteiger partial charge in [0.15, 0.2) is 5.76 Å². The summed E-state index contributed by atoms with van der Waals surface area (Å²) in [4.78, 5) is -4.33. The molecule has 0 aliphatic carbocycles. The van der Waals surface area contributed by atoms with Gasteiger partial charge in [-0.1, -0.05) is 66.7 Å². The number of alkyl halides is 5. The molecule has 0 aliphatic heterocycles. The summed E-state index contributed by atoms with van der Waals surface area (Å²) in [6.45, 7) is 0. The van der Waals surface area contributed by atoms with Gasteiger partial charge >= 0.3 is 12.1 Å². The highest BCUT2D eigenvalue weighted by Gasteiger charge is 2.64. The molecule has 0 bridgehead atoms. The van der Waals surface area contributed by atoms with E-state index in [0.717, 1.165) is 24.3 Å². The van der Waals surface area contributed by atoms with Crippen molar-refractivity contribution in [1.82, 2.24) is 0 Å². The molecule has 0 unspecified atom stereocenters. The molecule has 0 fully saturated rings. The third-order valence-electron chi connectivity index (χ3n) is 5.14. The Labute approximate surface area is 202 Å². The number of hydrogen-bond acceptors (Lipinski definition) is 5. The molecular formula is C24H15F5O5S2. The van der Waals surface area contributed by atoms with Crippen LogP contribution in [0.3, 0.4) is 0 Å². The average molecular weight is 543 g/mol. The highest BCUT2D eigenvalue weighted by atomic mass is 32.2. The lowest BCUT2D eigenvalue weighted by atomic mass is 10.2. The second-order valence-corrected chi connectivity index (χ2v) is 11.3. The number of furan rings is 1. The van der Waals surface area contributed by atoms with Gasteiger partial charge in [-0.15, -0.1) is 0 Å². The molecule has 3 aromatic carbocycles. The second kappa shape index (κ2) is 8.86. The van der Waals surface area contributed by atoms with Crippen molar-refractivity contribution in [3.8, 4) is 11.3 Å². The fourth-order valence-electron chi connectivity index (χ4n) is 3.44. The van der Waals surface area contributed by atoms with Crippen LogP contribution in [0.5, 0.6) is 0 Å². The molecule has 0 atom stereocenters. The van der Waals surface area contributed by atoms with E-state index in [-0.39, 0.29) is 5.56 Å². The first-order valence-corrected chi connectivity index (χ1v) is 13.0. The SMILES string of the molecule is O=S(=O)(c1ccccc1)c1c(-c2ccccc2)oc(C(F)(F)C(F)(F)F)c1S(=O)(=O)c1ccccc1. The lowest BCUT2D eigenvalue weighted by Gasteiger charge is -2.19. The molecule has 1 aromatic heterocycles. The van der Waals surface area contributed by atoms with E-state index in [4.69, 9.17) is 4.42 Å². The molecule has 188 valence electrons. The van der Waals surface area contributed by atoms with Crippen molar-refractivity contribution < 1.29 is 43.2 Å². The topological polar surface area (TPSA) is 81.4 Å². The quantitative estimate of drug-likeness (QED) is 0.269. The molecular weight excluding hydrogens is 527 g/mol. The third-order valence-corrected chi connectivity index (χ3v) is 8.91. The Bertz CT molecular complexity index is 1600. The predicted octanol–water partition coefficient (Wildman–Crippen LogP) is 6.27. The monoisotopic (exact) mass is 542 g/mol. The highest BCUT2D eigenvalue weighted by Crippen LogP contribution is 2.52. The van der Waals surface area contributed by atoms with E-state index in [2.05, 4.69) is 0 Å². The Kier molecular flexibility index (Phi) is 6.29. The molecule has 0 amide bonds. The fourth-order valence-corrected chi connectivity index (χ4v) is 7.09. The average Bonchev–Trinajstić information content (AvgIpc) is 3.28. The molecule has 4 aromatic rings. The summed E-state index contributed by atoms with van der Waals surface area (Å²) in [5.74, 6) is -9.15. The van der Waals surface area contributed by atoms with Crippen LogP contribution in [-0.2, 0) is 25.6 Å². The molecule has 5 nitrogen and oxygen atoms in total. The molecule has 0 saturated heterocycles. The van der Waals surface area contributed by atoms with Gasteiger partial charge in [0.25, 0.3) is 0 Å². The number of rotatable bonds is 6. The maximum atomic E-state index is 14.8. The van der Waals surface area contributed by atoms with Crippen molar-refractivity contribution in [2.45, 2.75) is 31.7 Å². The summed E-state index contributed by atoms with van der Waals surface area (Å²) < 4.78 is 129. The minimum atomic E-state index is -6.30. The van der Waals surface area contributed by atoms with E-state index in [1.165, 1.54) is 66.7 Å². The molecule has 0 spiro atoms. The zero-order chi connectivity index (χ0) is 26.4. The summed E-state index contributed by atoms with van der Waals surface area (Å²) in [7, 11) is -10.3. The van der Waals surface area contributed by atoms with Gasteiger partial charge in [0, 0.05) is 5.56 Å². The minimum absolute atomic E-state index is 0.222. The van der Waals surface area contributed by atoms with E-state index in [1.54, 1.807) is 0 Å². The summed E-state index contributed by atoms with van der Waals surface area (Å²) in [5, 5.41) is 0. The number of halogens is 5. The highest BCUT2D eigenvalue weighted by molar-refractivity contribution is 7.94. The summed E-state index contributed by atoms with van der Waals surface area (Å²) in [5.41, 5.74) is -0.222. The first kappa shape index (κ1) is 25.6. The van der Waals surface area contributed by atoms with Gasteiger partial charge in [-0.2, -0.15) is 22.0 Å². The van der Waals surface area contributed by atoms with E-state index in [9.17, 15) is 38.8 Å². The Morgan fingerprint density at radius 3 is 1.36 bits per heavy atom. The smallest absolute Gasteiger partial charge is 0.451 e. The van der Waals surface area contributed by atoms with Crippen molar-refractivity contribution in [1.29, 1.82) is 0 Å². The van der Waals surface area contributed by atoms with Crippen LogP contribution in [0.2, 0.25) is 0 Å². The summed E-state index contributed by atoms with van der Waals surface area (Å²) in [6, 6.07) is 18.4. The van der Waals surface area contributed by atoms with Gasteiger partial charge in [-0.25, -0.2) is 16.8 Å². The van der Waals surface area contributed by atoms with Gasteiger partial charge in [0.05, 0.1) is 9.79 Å². The number of sulfone groups is 2. The maximum Gasteiger partial charge on any atom is 0.461 e. The first-order valence-electron chi connectivity index (χ1n) is 10.1. The van der Waals surface area contributed by atoms with Crippen LogP contribution in [0.4, 0.5) is 22.0 Å². The van der Waals surface area contributed by atoms with Crippen LogP contribution in [0.1, 0.15) is 5.76 Å². The van der Waals surface area contributed by atoms with E-state index in [0.29, 0.717) is 0 Å². The number of benzene rings is 3. The molecule has 0 saturated carbocycles. The zero-order valence-electron chi connectivity index (χ0n) is 17.9. The van der Waals surface area contributed by atoms with Crippen molar-refractivity contribution >= 4 is 19.7 Å². The zero-order valence-corrected chi connectivity index (χ0v) is 19.5. The summed E-state index contributed by atoms with van der Waals surface area (Å²) >= 11 is 0. The van der Waals surface area contributed by atoms with Gasteiger partial charge in [-0.3, -0.25) is 0 Å². The van der Waals surface area contributed by atoms with Crippen LogP contribution < -0.4 is 0 Å². The van der Waals surface area contributed by atoms with E-state index < -0.39 is 62.9 Å². The molecule has 36 heavy (non-hydrogen) atoms. The minimum Gasteiger partial charge on any atom is -0.451 e. The first-order chi connectivity index (χ1) is 16.8. The second-order valence-electron chi connectivity index (χ2n) is 7.49. The van der Waals surface area contributed by atoms with Gasteiger partial charge in [0.2, 0.25) is 25.4 Å². The molecule has 12 heteroatoms. The van der Waals surface area contributed by atoms with Crippen molar-refractivity contribution in [3.63, 3.8) is 0 Å². The van der Waals surface area contributed by atoms with Crippen LogP contribution in [0.15, 0.2) is 115 Å². The fraction of sp³-hybridized carbons (Fsp3) is 0.0833. The Balaban J connectivity index is 2.23. The molecule has 0 radical (unpaired) electrons. The molecule has 1 heterocycles. The normalized spacial score (nSPS) is 13.0. The Morgan fingerprint density at radius 2 is 0.944 bits per heavy atom. The standard InChI is InChI=1S/C24H15F5O5S2/c25-23(26,24(27,28)29)22-21(36(32,33)18-14-8-3-9-15-18)20(19(34-22)16-10-4-1-5-11-16)35(30,31)17-12-6-2-7-13-17/h1-15H. The predicted molar refractivity (Wildman–Crippen MR) is 118 cm³/mol. The largest absolute Gasteiger partial charge is 0.461 e.